The summed E-state index contributed by atoms with van der Waals surface area (Å²) in [7, 11) is 0. The van der Waals surface area contributed by atoms with Crippen LogP contribution in [0.4, 0.5) is 0 Å². The van der Waals surface area contributed by atoms with Crippen LogP contribution in [0, 0.1) is 11.8 Å². The number of phenolic OH excluding ortho intramolecular Hbond substituents is 2. The summed E-state index contributed by atoms with van der Waals surface area (Å²) in [5.74, 6) is 1.88. The first-order valence-electron chi connectivity index (χ1n) is 11.5. The smallest absolute Gasteiger partial charge is 0.115 e. The molecule has 4 atom stereocenters. The Morgan fingerprint density at radius 1 is 0.875 bits per heavy atom. The number of benzene rings is 3. The van der Waals surface area contributed by atoms with Gasteiger partial charge in [-0.25, -0.2) is 0 Å². The molecule has 1 heterocycles. The van der Waals surface area contributed by atoms with Crippen LogP contribution < -0.4 is 5.73 Å². The summed E-state index contributed by atoms with van der Waals surface area (Å²) in [4.78, 5) is 2.52. The first-order chi connectivity index (χ1) is 15.4. The van der Waals surface area contributed by atoms with Crippen LogP contribution >= 0.6 is 0 Å². The Morgan fingerprint density at radius 2 is 1.50 bits per heavy atom. The summed E-state index contributed by atoms with van der Waals surface area (Å²) in [6.07, 6.45) is 2.10. The van der Waals surface area contributed by atoms with Crippen LogP contribution in [0.25, 0.3) is 0 Å². The van der Waals surface area contributed by atoms with Crippen LogP contribution in [-0.2, 0) is 6.42 Å². The molecule has 0 spiro atoms. The summed E-state index contributed by atoms with van der Waals surface area (Å²) in [6.45, 7) is 6.61. The zero-order valence-electron chi connectivity index (χ0n) is 19.1. The standard InChI is InChI=1S/C22H30N2O.C6H6O/c1-16-11-12-24(15-20(23)13-18-7-4-3-5-8-18)22(17(16)2)19-9-6-10-21(25)14-19;7-6-4-2-1-3-5-6/h3-10,14,16-17,20,22,25H,11-13,15,23H2,1-2H3;1-5,7H/t16?,17-,20?,22-;/m0./s1. The fourth-order valence-corrected chi connectivity index (χ4v) is 4.55. The van der Waals surface area contributed by atoms with Gasteiger partial charge in [0.2, 0.25) is 0 Å². The minimum atomic E-state index is 0.114. The van der Waals surface area contributed by atoms with Crippen LogP contribution in [0.5, 0.6) is 11.5 Å². The number of nitrogens with two attached hydrogens (primary N) is 1. The average molecular weight is 433 g/mol. The lowest BCUT2D eigenvalue weighted by Gasteiger charge is -2.44. The first-order valence-corrected chi connectivity index (χ1v) is 11.5. The van der Waals surface area contributed by atoms with Gasteiger partial charge >= 0.3 is 0 Å². The van der Waals surface area contributed by atoms with E-state index in [9.17, 15) is 5.11 Å². The van der Waals surface area contributed by atoms with E-state index < -0.39 is 0 Å². The average Bonchev–Trinajstić information content (AvgIpc) is 2.78. The number of rotatable bonds is 5. The van der Waals surface area contributed by atoms with Gasteiger partial charge in [-0.15, -0.1) is 0 Å². The Balaban J connectivity index is 0.000000352. The second kappa shape index (κ2) is 11.7. The number of piperidine rings is 1. The SMILES string of the molecule is CC1CCN(CC(N)Cc2ccccc2)[C@H](c2cccc(O)c2)[C@H]1C.Oc1ccccc1. The van der Waals surface area contributed by atoms with E-state index in [0.717, 1.165) is 19.5 Å². The highest BCUT2D eigenvalue weighted by Gasteiger charge is 2.34. The molecule has 4 nitrogen and oxygen atoms in total. The molecule has 0 saturated carbocycles. The lowest BCUT2D eigenvalue weighted by molar-refractivity contribution is 0.0582. The maximum absolute atomic E-state index is 9.92. The Bertz CT molecular complexity index is 932. The van der Waals surface area contributed by atoms with Gasteiger partial charge < -0.3 is 15.9 Å². The van der Waals surface area contributed by atoms with Crippen molar-refractivity contribution in [2.45, 2.75) is 38.8 Å². The van der Waals surface area contributed by atoms with Crippen molar-refractivity contribution >= 4 is 0 Å². The van der Waals surface area contributed by atoms with Crippen LogP contribution in [0.2, 0.25) is 0 Å². The highest BCUT2D eigenvalue weighted by Crippen LogP contribution is 2.39. The van der Waals surface area contributed by atoms with Gasteiger partial charge in [-0.1, -0.05) is 74.5 Å². The van der Waals surface area contributed by atoms with Gasteiger partial charge in [0.25, 0.3) is 0 Å². The molecule has 0 radical (unpaired) electrons. The Labute approximate surface area is 192 Å². The minimum Gasteiger partial charge on any atom is -0.508 e. The fraction of sp³-hybridized carbons (Fsp3) is 0.357. The molecule has 0 aromatic heterocycles. The molecule has 1 fully saturated rings. The van der Waals surface area contributed by atoms with E-state index in [4.69, 9.17) is 10.8 Å². The highest BCUT2D eigenvalue weighted by atomic mass is 16.3. The topological polar surface area (TPSA) is 69.7 Å². The summed E-state index contributed by atoms with van der Waals surface area (Å²) < 4.78 is 0. The largest absolute Gasteiger partial charge is 0.508 e. The molecule has 0 amide bonds. The van der Waals surface area contributed by atoms with Gasteiger partial charge in [0, 0.05) is 18.6 Å². The molecule has 4 heteroatoms. The van der Waals surface area contributed by atoms with Gasteiger partial charge in [0.15, 0.2) is 0 Å². The Hall–Kier alpha value is -2.82. The summed E-state index contributed by atoms with van der Waals surface area (Å²) in [5.41, 5.74) is 8.99. The van der Waals surface area contributed by atoms with E-state index in [1.165, 1.54) is 17.5 Å². The van der Waals surface area contributed by atoms with Crippen molar-refractivity contribution < 1.29 is 10.2 Å². The molecule has 0 bridgehead atoms. The molecule has 1 aliphatic heterocycles. The minimum absolute atomic E-state index is 0.114. The first kappa shape index (κ1) is 23.8. The highest BCUT2D eigenvalue weighted by molar-refractivity contribution is 5.30. The lowest BCUT2D eigenvalue weighted by Crippen LogP contribution is -2.47. The van der Waals surface area contributed by atoms with Crippen molar-refractivity contribution in [1.29, 1.82) is 0 Å². The monoisotopic (exact) mass is 432 g/mol. The fourth-order valence-electron chi connectivity index (χ4n) is 4.55. The number of aromatic hydroxyl groups is 2. The van der Waals surface area contributed by atoms with Gasteiger partial charge in [0.1, 0.15) is 11.5 Å². The third kappa shape index (κ3) is 6.84. The van der Waals surface area contributed by atoms with Crippen molar-refractivity contribution in [3.05, 3.63) is 96.1 Å². The van der Waals surface area contributed by atoms with E-state index >= 15 is 0 Å². The Morgan fingerprint density at radius 3 is 2.09 bits per heavy atom. The van der Waals surface area contributed by atoms with Crippen molar-refractivity contribution in [3.63, 3.8) is 0 Å². The van der Waals surface area contributed by atoms with Crippen LogP contribution in [-0.4, -0.2) is 34.2 Å². The van der Waals surface area contributed by atoms with Crippen molar-refractivity contribution in [3.8, 4) is 11.5 Å². The predicted molar refractivity (Wildman–Crippen MR) is 132 cm³/mol. The third-order valence-electron chi connectivity index (χ3n) is 6.44. The molecular weight excluding hydrogens is 396 g/mol. The van der Waals surface area contributed by atoms with E-state index in [2.05, 4.69) is 49.1 Å². The maximum atomic E-state index is 9.92. The third-order valence-corrected chi connectivity index (χ3v) is 6.44. The van der Waals surface area contributed by atoms with Crippen LogP contribution in [0.1, 0.15) is 37.4 Å². The number of hydrogen-bond donors (Lipinski definition) is 3. The van der Waals surface area contributed by atoms with Crippen LogP contribution in [0.3, 0.4) is 0 Å². The van der Waals surface area contributed by atoms with Crippen molar-refractivity contribution in [2.24, 2.45) is 17.6 Å². The van der Waals surface area contributed by atoms with Gasteiger partial charge in [-0.05, 0) is 66.6 Å². The van der Waals surface area contributed by atoms with E-state index in [0.29, 0.717) is 29.4 Å². The molecule has 0 aliphatic carbocycles. The molecule has 170 valence electrons. The van der Waals surface area contributed by atoms with E-state index in [1.807, 2.05) is 24.3 Å². The molecule has 4 rings (SSSR count). The molecule has 3 aromatic rings. The number of para-hydroxylation sites is 1. The zero-order valence-corrected chi connectivity index (χ0v) is 19.1. The second-order valence-corrected chi connectivity index (χ2v) is 8.95. The number of hydrogen-bond acceptors (Lipinski definition) is 4. The van der Waals surface area contributed by atoms with E-state index in [-0.39, 0.29) is 6.04 Å². The van der Waals surface area contributed by atoms with E-state index in [1.54, 1.807) is 30.3 Å². The Kier molecular flexibility index (Phi) is 8.72. The van der Waals surface area contributed by atoms with Crippen molar-refractivity contribution in [2.75, 3.05) is 13.1 Å². The zero-order chi connectivity index (χ0) is 22.9. The predicted octanol–water partition coefficient (Wildman–Crippen LogP) is 5.37. The molecule has 2 unspecified atom stereocenters. The molecule has 4 N–H and O–H groups in total. The van der Waals surface area contributed by atoms with Gasteiger partial charge in [0.05, 0.1) is 0 Å². The quantitative estimate of drug-likeness (QED) is 0.507. The summed E-state index contributed by atoms with van der Waals surface area (Å²) in [5, 5.41) is 18.5. The number of phenols is 2. The van der Waals surface area contributed by atoms with Crippen LogP contribution in [0.15, 0.2) is 84.9 Å². The maximum Gasteiger partial charge on any atom is 0.115 e. The van der Waals surface area contributed by atoms with Crippen molar-refractivity contribution in [1.82, 2.24) is 4.90 Å². The summed E-state index contributed by atoms with van der Waals surface area (Å²) in [6, 6.07) is 27.4. The second-order valence-electron chi connectivity index (χ2n) is 8.95. The molecule has 1 saturated heterocycles. The molecule has 1 aliphatic rings. The molecular formula is C28H36N2O2. The van der Waals surface area contributed by atoms with Gasteiger partial charge in [-0.3, -0.25) is 4.90 Å². The van der Waals surface area contributed by atoms with Gasteiger partial charge in [-0.2, -0.15) is 0 Å². The number of likely N-dealkylation sites (tertiary alicyclic amines) is 1. The lowest BCUT2D eigenvalue weighted by atomic mass is 9.78. The normalized spacial score (nSPS) is 21.9. The summed E-state index contributed by atoms with van der Waals surface area (Å²) >= 11 is 0. The molecule has 32 heavy (non-hydrogen) atoms. The number of nitrogens with zero attached hydrogens (tertiary/aromatic N) is 1. The molecule has 3 aromatic carbocycles.